The smallest absolute Gasteiger partial charge is 0.267 e. The van der Waals surface area contributed by atoms with Gasteiger partial charge >= 0.3 is 0 Å². The second-order valence-electron chi connectivity index (χ2n) is 7.88. The summed E-state index contributed by atoms with van der Waals surface area (Å²) in [6.07, 6.45) is 3.41. The number of carbonyl (C=O) groups excluding carboxylic acids is 1. The van der Waals surface area contributed by atoms with Crippen molar-refractivity contribution in [2.24, 2.45) is 21.7 Å². The molecular formula is C21H23NO. The number of carbonyl (C=O) groups is 1. The highest BCUT2D eigenvalue weighted by molar-refractivity contribution is 6.13. The molecule has 23 heavy (non-hydrogen) atoms. The van der Waals surface area contributed by atoms with Crippen LogP contribution in [0.25, 0.3) is 10.8 Å². The maximum Gasteiger partial charge on any atom is 0.277 e. The Morgan fingerprint density at radius 3 is 2.52 bits per heavy atom. The van der Waals surface area contributed by atoms with Crippen LogP contribution in [0.4, 0.5) is 0 Å². The molecule has 2 aliphatic carbocycles. The molecule has 2 saturated carbocycles. The maximum absolute atomic E-state index is 12.9. The molecule has 2 heteroatoms. The van der Waals surface area contributed by atoms with Crippen LogP contribution in [-0.4, -0.2) is 11.6 Å². The zero-order chi connectivity index (χ0) is 16.2. The number of nitrogens with zero attached hydrogens (tertiary/aromatic N) is 1. The molecule has 0 aliphatic heterocycles. The SMILES string of the molecule is CC12CCC(CC1=NC(=O)c1cccc3ccccc13)C2(C)C. The predicted molar refractivity (Wildman–Crippen MR) is 94.9 cm³/mol. The van der Waals surface area contributed by atoms with E-state index in [0.717, 1.165) is 34.9 Å². The second kappa shape index (κ2) is 4.77. The highest BCUT2D eigenvalue weighted by Gasteiger charge is 2.59. The number of hydrogen-bond donors (Lipinski definition) is 0. The number of fused-ring (bicyclic) bond motifs is 3. The topological polar surface area (TPSA) is 29.4 Å². The molecule has 2 fully saturated rings. The van der Waals surface area contributed by atoms with Gasteiger partial charge in [0.2, 0.25) is 0 Å². The molecule has 2 aromatic rings. The van der Waals surface area contributed by atoms with Crippen molar-refractivity contribution in [1.82, 2.24) is 0 Å². The van der Waals surface area contributed by atoms with E-state index in [1.165, 1.54) is 6.42 Å². The highest BCUT2D eigenvalue weighted by Crippen LogP contribution is 2.64. The van der Waals surface area contributed by atoms with Crippen LogP contribution in [-0.2, 0) is 0 Å². The van der Waals surface area contributed by atoms with Crippen molar-refractivity contribution in [3.8, 4) is 0 Å². The molecule has 2 aromatic carbocycles. The molecular weight excluding hydrogens is 282 g/mol. The third kappa shape index (κ3) is 1.94. The minimum absolute atomic E-state index is 0.0813. The lowest BCUT2D eigenvalue weighted by atomic mass is 9.70. The van der Waals surface area contributed by atoms with Crippen LogP contribution in [0.15, 0.2) is 47.5 Å². The van der Waals surface area contributed by atoms with Crippen LogP contribution in [0.1, 0.15) is 50.4 Å². The lowest BCUT2D eigenvalue weighted by Gasteiger charge is -2.34. The summed E-state index contributed by atoms with van der Waals surface area (Å²) in [7, 11) is 0. The zero-order valence-corrected chi connectivity index (χ0v) is 14.1. The number of rotatable bonds is 1. The first-order valence-electron chi connectivity index (χ1n) is 8.53. The molecule has 0 spiro atoms. The van der Waals surface area contributed by atoms with Gasteiger partial charge in [0.15, 0.2) is 0 Å². The molecule has 0 radical (unpaired) electrons. The fraction of sp³-hybridized carbons (Fsp3) is 0.429. The van der Waals surface area contributed by atoms with Crippen LogP contribution in [0.2, 0.25) is 0 Å². The van der Waals surface area contributed by atoms with Gasteiger partial charge < -0.3 is 0 Å². The summed E-state index contributed by atoms with van der Waals surface area (Å²) >= 11 is 0. The quantitative estimate of drug-likeness (QED) is 0.706. The molecule has 2 aliphatic rings. The van der Waals surface area contributed by atoms with Crippen LogP contribution in [0.3, 0.4) is 0 Å². The lowest BCUT2D eigenvalue weighted by molar-refractivity contribution is 0.100. The predicted octanol–water partition coefficient (Wildman–Crippen LogP) is 5.27. The van der Waals surface area contributed by atoms with Crippen molar-refractivity contribution < 1.29 is 4.79 Å². The first kappa shape index (κ1) is 14.6. The maximum atomic E-state index is 12.9. The Balaban J connectivity index is 1.76. The van der Waals surface area contributed by atoms with Crippen LogP contribution >= 0.6 is 0 Å². The fourth-order valence-corrected chi connectivity index (χ4v) is 4.69. The molecule has 0 saturated heterocycles. The molecule has 0 aromatic heterocycles. The Labute approximate surface area is 137 Å². The molecule has 4 rings (SSSR count). The van der Waals surface area contributed by atoms with Crippen molar-refractivity contribution in [3.63, 3.8) is 0 Å². The average Bonchev–Trinajstić information content (AvgIpc) is 2.87. The monoisotopic (exact) mass is 305 g/mol. The van der Waals surface area contributed by atoms with Crippen molar-refractivity contribution >= 4 is 22.4 Å². The van der Waals surface area contributed by atoms with Crippen molar-refractivity contribution in [3.05, 3.63) is 48.0 Å². The first-order valence-corrected chi connectivity index (χ1v) is 8.53. The van der Waals surface area contributed by atoms with E-state index in [0.29, 0.717) is 5.92 Å². The van der Waals surface area contributed by atoms with Gasteiger partial charge in [-0.3, -0.25) is 4.79 Å². The summed E-state index contributed by atoms with van der Waals surface area (Å²) < 4.78 is 0. The Morgan fingerprint density at radius 2 is 1.83 bits per heavy atom. The summed E-state index contributed by atoms with van der Waals surface area (Å²) in [5, 5.41) is 2.09. The van der Waals surface area contributed by atoms with Gasteiger partial charge in [-0.15, -0.1) is 0 Å². The Morgan fingerprint density at radius 1 is 1.09 bits per heavy atom. The van der Waals surface area contributed by atoms with Gasteiger partial charge in [-0.05, 0) is 47.4 Å². The summed E-state index contributed by atoms with van der Waals surface area (Å²) in [5.41, 5.74) is 2.18. The molecule has 2 atom stereocenters. The van der Waals surface area contributed by atoms with Gasteiger partial charge in [-0.2, -0.15) is 0 Å². The standard InChI is InChI=1S/C21H23NO/c1-20(2)15-11-12-21(20,3)18(13-15)22-19(23)17-10-6-8-14-7-4-5-9-16(14)17/h4-10,15H,11-13H2,1-3H3. The van der Waals surface area contributed by atoms with Gasteiger partial charge in [-0.1, -0.05) is 57.2 Å². The summed E-state index contributed by atoms with van der Waals surface area (Å²) in [6, 6.07) is 13.9. The summed E-state index contributed by atoms with van der Waals surface area (Å²) in [5.74, 6) is 0.591. The van der Waals surface area contributed by atoms with E-state index >= 15 is 0 Å². The van der Waals surface area contributed by atoms with Gasteiger partial charge in [0, 0.05) is 16.7 Å². The third-order valence-corrected chi connectivity index (χ3v) is 6.77. The Bertz CT molecular complexity index is 827. The molecule has 0 N–H and O–H groups in total. The highest BCUT2D eigenvalue weighted by atomic mass is 16.1. The first-order chi connectivity index (χ1) is 10.9. The van der Waals surface area contributed by atoms with Gasteiger partial charge in [0.05, 0.1) is 0 Å². The fourth-order valence-electron chi connectivity index (χ4n) is 4.69. The molecule has 118 valence electrons. The van der Waals surface area contributed by atoms with Gasteiger partial charge in [0.25, 0.3) is 5.91 Å². The summed E-state index contributed by atoms with van der Waals surface area (Å²) in [4.78, 5) is 17.5. The van der Waals surface area contributed by atoms with Gasteiger partial charge in [0.1, 0.15) is 0 Å². The van der Waals surface area contributed by atoms with Crippen molar-refractivity contribution in [2.75, 3.05) is 0 Å². The molecule has 1 amide bonds. The number of amides is 1. The Hall–Kier alpha value is -1.96. The number of benzene rings is 2. The van der Waals surface area contributed by atoms with E-state index < -0.39 is 0 Å². The van der Waals surface area contributed by atoms with Crippen LogP contribution in [0, 0.1) is 16.7 Å². The minimum atomic E-state index is -0.0821. The second-order valence-corrected chi connectivity index (χ2v) is 7.88. The molecule has 2 bridgehead atoms. The lowest BCUT2D eigenvalue weighted by Crippen LogP contribution is -2.33. The molecule has 2 nitrogen and oxygen atoms in total. The molecule has 0 heterocycles. The minimum Gasteiger partial charge on any atom is -0.267 e. The molecule has 2 unspecified atom stereocenters. The van der Waals surface area contributed by atoms with E-state index in [-0.39, 0.29) is 16.7 Å². The van der Waals surface area contributed by atoms with E-state index in [4.69, 9.17) is 0 Å². The summed E-state index contributed by atoms with van der Waals surface area (Å²) in [6.45, 7) is 6.99. The van der Waals surface area contributed by atoms with Crippen molar-refractivity contribution in [1.29, 1.82) is 0 Å². The average molecular weight is 305 g/mol. The third-order valence-electron chi connectivity index (χ3n) is 6.77. The largest absolute Gasteiger partial charge is 0.277 e. The van der Waals surface area contributed by atoms with E-state index in [2.05, 4.69) is 25.8 Å². The number of aliphatic imine (C=N–C) groups is 1. The van der Waals surface area contributed by atoms with Gasteiger partial charge in [-0.25, -0.2) is 4.99 Å². The van der Waals surface area contributed by atoms with E-state index in [1.54, 1.807) is 0 Å². The van der Waals surface area contributed by atoms with Crippen molar-refractivity contribution in [2.45, 2.75) is 40.0 Å². The van der Waals surface area contributed by atoms with Crippen LogP contribution in [0.5, 0.6) is 0 Å². The Kier molecular flexibility index (Phi) is 3.03. The zero-order valence-electron chi connectivity index (χ0n) is 14.1. The number of hydrogen-bond acceptors (Lipinski definition) is 1. The van der Waals surface area contributed by atoms with Crippen LogP contribution < -0.4 is 0 Å². The van der Waals surface area contributed by atoms with E-state index in [9.17, 15) is 4.79 Å². The normalized spacial score (nSPS) is 30.2. The van der Waals surface area contributed by atoms with E-state index in [1.807, 2.05) is 42.5 Å².